The van der Waals surface area contributed by atoms with Crippen LogP contribution in [0.1, 0.15) is 54.9 Å². The highest BCUT2D eigenvalue weighted by molar-refractivity contribution is 6.74. The van der Waals surface area contributed by atoms with E-state index in [2.05, 4.69) is 86.7 Å². The van der Waals surface area contributed by atoms with Crippen LogP contribution in [0.2, 0.25) is 36.3 Å². The Morgan fingerprint density at radius 1 is 0.885 bits per heavy atom. The molecule has 0 aromatic heterocycles. The van der Waals surface area contributed by atoms with Gasteiger partial charge < -0.3 is 8.85 Å². The zero-order valence-electron chi connectivity index (χ0n) is 19.1. The van der Waals surface area contributed by atoms with Crippen LogP contribution in [0.5, 0.6) is 0 Å². The van der Waals surface area contributed by atoms with E-state index >= 15 is 0 Å². The third-order valence-corrected chi connectivity index (χ3v) is 14.8. The van der Waals surface area contributed by atoms with Crippen molar-refractivity contribution >= 4 is 16.6 Å². The lowest BCUT2D eigenvalue weighted by Crippen LogP contribution is -2.51. The van der Waals surface area contributed by atoms with E-state index in [1.54, 1.807) is 6.08 Å². The molecule has 0 aromatic rings. The minimum atomic E-state index is -1.92. The second kappa shape index (κ2) is 9.55. The van der Waals surface area contributed by atoms with Crippen molar-refractivity contribution in [1.29, 1.82) is 0 Å². The van der Waals surface area contributed by atoms with Crippen molar-refractivity contribution in [2.75, 3.05) is 0 Å². The Hall–Kier alpha value is -0.606. The van der Waals surface area contributed by atoms with Crippen molar-refractivity contribution in [1.82, 2.24) is 0 Å². The topological polar surface area (TPSA) is 18.5 Å². The SMILES string of the molecule is C#C/C=C/C=C/[C@H](O[Si](C)(C)C(C)(C)C)[C@@H](CC)O[Si](C)(C)C(C)(C)C. The van der Waals surface area contributed by atoms with Gasteiger partial charge in [-0.3, -0.25) is 0 Å². The molecule has 0 amide bonds. The van der Waals surface area contributed by atoms with Crippen molar-refractivity contribution in [3.05, 3.63) is 24.3 Å². The summed E-state index contributed by atoms with van der Waals surface area (Å²) < 4.78 is 13.5. The number of hydrogen-bond donors (Lipinski definition) is 0. The first kappa shape index (κ1) is 25.4. The molecule has 0 heterocycles. The van der Waals surface area contributed by atoms with Gasteiger partial charge in [0.15, 0.2) is 16.6 Å². The van der Waals surface area contributed by atoms with Gasteiger partial charge in [0.05, 0.1) is 12.2 Å². The van der Waals surface area contributed by atoms with Crippen molar-refractivity contribution in [3.8, 4) is 12.3 Å². The highest BCUT2D eigenvalue weighted by Gasteiger charge is 2.43. The Bertz CT molecular complexity index is 526. The molecule has 0 fully saturated rings. The van der Waals surface area contributed by atoms with Crippen LogP contribution in [0, 0.1) is 12.3 Å². The molecule has 4 heteroatoms. The van der Waals surface area contributed by atoms with E-state index in [-0.39, 0.29) is 22.3 Å². The van der Waals surface area contributed by atoms with Gasteiger partial charge in [0.25, 0.3) is 0 Å². The standard InChI is InChI=1S/C22H42O2Si2/c1-13-15-16-17-18-20(24-26(11,12)22(6,7)8)19(14-2)23-25(9,10)21(3,4)5/h1,15-20H,14H2,2-12H3/b16-15+,18-17+/t19-,20+/m1/s1. The number of rotatable bonds is 8. The molecule has 2 nitrogen and oxygen atoms in total. The third-order valence-electron chi connectivity index (χ3n) is 5.86. The first-order valence-electron chi connectivity index (χ1n) is 9.74. The fourth-order valence-corrected chi connectivity index (χ4v) is 4.65. The molecular formula is C22H42O2Si2. The highest BCUT2D eigenvalue weighted by atomic mass is 28.4. The van der Waals surface area contributed by atoms with Gasteiger partial charge in [0.1, 0.15) is 0 Å². The number of hydrogen-bond acceptors (Lipinski definition) is 2. The molecule has 0 saturated heterocycles. The molecule has 0 N–H and O–H groups in total. The summed E-state index contributed by atoms with van der Waals surface area (Å²) in [5.74, 6) is 2.53. The van der Waals surface area contributed by atoms with Crippen LogP contribution in [0.15, 0.2) is 24.3 Å². The molecule has 0 unspecified atom stereocenters. The van der Waals surface area contributed by atoms with Gasteiger partial charge in [0.2, 0.25) is 0 Å². The minimum Gasteiger partial charge on any atom is -0.411 e. The fourth-order valence-electron chi connectivity index (χ4n) is 1.98. The van der Waals surface area contributed by atoms with Crippen molar-refractivity contribution < 1.29 is 8.85 Å². The van der Waals surface area contributed by atoms with E-state index < -0.39 is 16.6 Å². The summed E-state index contributed by atoms with van der Waals surface area (Å²) in [7, 11) is -3.79. The Labute approximate surface area is 165 Å². The van der Waals surface area contributed by atoms with E-state index in [1.165, 1.54) is 0 Å². The molecule has 0 aliphatic heterocycles. The van der Waals surface area contributed by atoms with Crippen LogP contribution >= 0.6 is 0 Å². The molecule has 0 rings (SSSR count). The van der Waals surface area contributed by atoms with Gasteiger partial charge in [-0.2, -0.15) is 0 Å². The summed E-state index contributed by atoms with van der Waals surface area (Å²) in [4.78, 5) is 0. The molecule has 0 saturated carbocycles. The smallest absolute Gasteiger partial charge is 0.193 e. The van der Waals surface area contributed by atoms with E-state index in [0.717, 1.165) is 6.42 Å². The first-order chi connectivity index (χ1) is 11.6. The summed E-state index contributed by atoms with van der Waals surface area (Å²) in [5, 5.41) is 0.331. The van der Waals surface area contributed by atoms with Crippen molar-refractivity contribution in [2.24, 2.45) is 0 Å². The molecule has 2 atom stereocenters. The lowest BCUT2D eigenvalue weighted by molar-refractivity contribution is 0.0609. The molecule has 0 aliphatic carbocycles. The van der Waals surface area contributed by atoms with Crippen LogP contribution in [0.25, 0.3) is 0 Å². The highest BCUT2D eigenvalue weighted by Crippen LogP contribution is 2.41. The first-order valence-corrected chi connectivity index (χ1v) is 15.6. The summed E-state index contributed by atoms with van der Waals surface area (Å²) >= 11 is 0. The molecule has 0 radical (unpaired) electrons. The zero-order chi connectivity index (χ0) is 20.8. The van der Waals surface area contributed by atoms with E-state index in [1.807, 2.05) is 12.2 Å². The number of terminal acetylenes is 1. The van der Waals surface area contributed by atoms with E-state index in [9.17, 15) is 0 Å². The fraction of sp³-hybridized carbons (Fsp3) is 0.727. The van der Waals surface area contributed by atoms with Gasteiger partial charge >= 0.3 is 0 Å². The average molecular weight is 395 g/mol. The summed E-state index contributed by atoms with van der Waals surface area (Å²) in [5.41, 5.74) is 0. The molecule has 26 heavy (non-hydrogen) atoms. The Balaban J connectivity index is 5.70. The minimum absolute atomic E-state index is 0.0560. The average Bonchev–Trinajstić information content (AvgIpc) is 2.45. The Morgan fingerprint density at radius 3 is 1.73 bits per heavy atom. The van der Waals surface area contributed by atoms with E-state index in [4.69, 9.17) is 15.3 Å². The van der Waals surface area contributed by atoms with Crippen LogP contribution in [0.4, 0.5) is 0 Å². The molecule has 0 aromatic carbocycles. The van der Waals surface area contributed by atoms with E-state index in [0.29, 0.717) is 0 Å². The van der Waals surface area contributed by atoms with Crippen LogP contribution in [-0.4, -0.2) is 28.8 Å². The lowest BCUT2D eigenvalue weighted by atomic mass is 10.1. The van der Waals surface area contributed by atoms with Crippen molar-refractivity contribution in [2.45, 2.75) is 103 Å². The van der Waals surface area contributed by atoms with Gasteiger partial charge in [-0.15, -0.1) is 6.42 Å². The second-order valence-electron chi connectivity index (χ2n) is 10.1. The maximum Gasteiger partial charge on any atom is 0.193 e. The zero-order valence-corrected chi connectivity index (χ0v) is 21.1. The van der Waals surface area contributed by atoms with Gasteiger partial charge in [0, 0.05) is 0 Å². The number of allylic oxidation sites excluding steroid dienone is 3. The second-order valence-corrected chi connectivity index (χ2v) is 19.6. The molecule has 0 bridgehead atoms. The van der Waals surface area contributed by atoms with Gasteiger partial charge in [-0.1, -0.05) is 72.6 Å². The Kier molecular flexibility index (Phi) is 9.32. The van der Waals surface area contributed by atoms with Crippen molar-refractivity contribution in [3.63, 3.8) is 0 Å². The molecule has 150 valence electrons. The monoisotopic (exact) mass is 394 g/mol. The maximum atomic E-state index is 6.76. The summed E-state index contributed by atoms with van der Waals surface area (Å²) in [6.07, 6.45) is 13.9. The van der Waals surface area contributed by atoms with Crippen LogP contribution in [0.3, 0.4) is 0 Å². The van der Waals surface area contributed by atoms with Gasteiger partial charge in [-0.25, -0.2) is 0 Å². The predicted octanol–water partition coefficient (Wildman–Crippen LogP) is 6.92. The summed E-state index contributed by atoms with van der Waals surface area (Å²) in [6, 6.07) is 0. The van der Waals surface area contributed by atoms with Crippen LogP contribution < -0.4 is 0 Å². The molecule has 0 spiro atoms. The third kappa shape index (κ3) is 7.56. The normalized spacial score (nSPS) is 16.8. The van der Waals surface area contributed by atoms with Gasteiger partial charge in [-0.05, 0) is 48.8 Å². The van der Waals surface area contributed by atoms with Crippen LogP contribution in [-0.2, 0) is 8.85 Å². The quantitative estimate of drug-likeness (QED) is 0.252. The predicted molar refractivity (Wildman–Crippen MR) is 122 cm³/mol. The lowest BCUT2D eigenvalue weighted by Gasteiger charge is -2.44. The summed E-state index contributed by atoms with van der Waals surface area (Å²) in [6.45, 7) is 25.0. The molecule has 0 aliphatic rings. The largest absolute Gasteiger partial charge is 0.411 e. The Morgan fingerprint density at radius 2 is 1.35 bits per heavy atom. The molecular weight excluding hydrogens is 352 g/mol. The maximum absolute atomic E-state index is 6.76.